The Morgan fingerprint density at radius 3 is 2.35 bits per heavy atom. The van der Waals surface area contributed by atoms with E-state index < -0.39 is 6.04 Å². The molecular weight excluding hydrogens is 331 g/mol. The molecule has 0 unspecified atom stereocenters. The molecule has 0 saturated carbocycles. The number of carbonyl (C=O) groups is 1. The molecule has 4 nitrogen and oxygen atoms in total. The molecule has 0 aromatic heterocycles. The molecule has 3 rings (SSSR count). The summed E-state index contributed by atoms with van der Waals surface area (Å²) in [6.07, 6.45) is 1.64. The van der Waals surface area contributed by atoms with Gasteiger partial charge in [0.2, 0.25) is 5.91 Å². The second kappa shape index (κ2) is 7.87. The molecule has 0 N–H and O–H groups in total. The highest BCUT2D eigenvalue weighted by atomic mass is 19.1. The van der Waals surface area contributed by atoms with Crippen LogP contribution in [0.2, 0.25) is 0 Å². The normalized spacial score (nSPS) is 15.3. The van der Waals surface area contributed by atoms with Crippen LogP contribution < -0.4 is 4.74 Å². The van der Waals surface area contributed by atoms with Crippen LogP contribution in [0.5, 0.6) is 5.75 Å². The van der Waals surface area contributed by atoms with Crippen molar-refractivity contribution in [2.45, 2.75) is 18.9 Å². The molecule has 0 fully saturated rings. The summed E-state index contributed by atoms with van der Waals surface area (Å²) in [5.74, 6) is 0.611. The third-order valence-electron chi connectivity index (χ3n) is 4.96. The standard InChI is InChI=1S/C21H25FN2O2/c1-23(2)20(16-4-7-18(22)8-5-16)21(25)24-12-10-15-6-9-19(26-3)14-17(15)11-13-24/h4-9,14,20H,10-13H2,1-3H3/t20-/m0/s1. The molecule has 0 radical (unpaired) electrons. The van der Waals surface area contributed by atoms with Gasteiger partial charge in [-0.2, -0.15) is 0 Å². The lowest BCUT2D eigenvalue weighted by atomic mass is 10.0. The molecule has 0 saturated heterocycles. The van der Waals surface area contributed by atoms with E-state index in [-0.39, 0.29) is 11.7 Å². The molecule has 1 aliphatic rings. The molecule has 0 aliphatic carbocycles. The molecule has 1 aliphatic heterocycles. The maximum absolute atomic E-state index is 13.3. The predicted octanol–water partition coefficient (Wildman–Crippen LogP) is 3.06. The summed E-state index contributed by atoms with van der Waals surface area (Å²) in [6.45, 7) is 1.36. The van der Waals surface area contributed by atoms with Crippen LogP contribution in [0.3, 0.4) is 0 Å². The fraction of sp³-hybridized carbons (Fsp3) is 0.381. The highest BCUT2D eigenvalue weighted by Gasteiger charge is 2.29. The first-order valence-electron chi connectivity index (χ1n) is 8.86. The Hall–Kier alpha value is -2.40. The largest absolute Gasteiger partial charge is 0.497 e. The monoisotopic (exact) mass is 356 g/mol. The number of nitrogens with zero attached hydrogens (tertiary/aromatic N) is 2. The lowest BCUT2D eigenvalue weighted by Crippen LogP contribution is -2.41. The number of fused-ring (bicyclic) bond motifs is 1. The summed E-state index contributed by atoms with van der Waals surface area (Å²) in [4.78, 5) is 17.0. The van der Waals surface area contributed by atoms with E-state index in [0.29, 0.717) is 13.1 Å². The van der Waals surface area contributed by atoms with E-state index in [1.54, 1.807) is 19.2 Å². The minimum Gasteiger partial charge on any atom is -0.497 e. The lowest BCUT2D eigenvalue weighted by molar-refractivity contribution is -0.136. The van der Waals surface area contributed by atoms with Gasteiger partial charge in [0.1, 0.15) is 17.6 Å². The topological polar surface area (TPSA) is 32.8 Å². The Kier molecular flexibility index (Phi) is 5.57. The van der Waals surface area contributed by atoms with Crippen molar-refractivity contribution >= 4 is 5.91 Å². The summed E-state index contributed by atoms with van der Waals surface area (Å²) in [5, 5.41) is 0. The lowest BCUT2D eigenvalue weighted by Gasteiger charge is -2.30. The van der Waals surface area contributed by atoms with Crippen molar-refractivity contribution in [3.05, 3.63) is 65.0 Å². The van der Waals surface area contributed by atoms with E-state index >= 15 is 0 Å². The predicted molar refractivity (Wildman–Crippen MR) is 99.8 cm³/mol. The van der Waals surface area contributed by atoms with Crippen LogP contribution in [0, 0.1) is 5.82 Å². The second-order valence-electron chi connectivity index (χ2n) is 6.88. The zero-order valence-electron chi connectivity index (χ0n) is 15.5. The quantitative estimate of drug-likeness (QED) is 0.844. The summed E-state index contributed by atoms with van der Waals surface area (Å²) >= 11 is 0. The number of likely N-dealkylation sites (N-methyl/N-ethyl adjacent to an activating group) is 1. The highest BCUT2D eigenvalue weighted by molar-refractivity contribution is 5.83. The van der Waals surface area contributed by atoms with Gasteiger partial charge >= 0.3 is 0 Å². The van der Waals surface area contributed by atoms with E-state index in [9.17, 15) is 9.18 Å². The Balaban J connectivity index is 1.79. The first-order chi connectivity index (χ1) is 12.5. The van der Waals surface area contributed by atoms with E-state index in [4.69, 9.17) is 4.74 Å². The molecular formula is C21H25FN2O2. The van der Waals surface area contributed by atoms with Gasteiger partial charge in [-0.25, -0.2) is 4.39 Å². The van der Waals surface area contributed by atoms with E-state index in [1.807, 2.05) is 30.0 Å². The first-order valence-corrected chi connectivity index (χ1v) is 8.86. The van der Waals surface area contributed by atoms with Crippen LogP contribution in [-0.2, 0) is 17.6 Å². The molecule has 1 atom stereocenters. The number of amides is 1. The van der Waals surface area contributed by atoms with Gasteiger partial charge < -0.3 is 9.64 Å². The van der Waals surface area contributed by atoms with Gasteiger partial charge in [-0.15, -0.1) is 0 Å². The fourth-order valence-electron chi connectivity index (χ4n) is 3.53. The zero-order valence-corrected chi connectivity index (χ0v) is 15.5. The van der Waals surface area contributed by atoms with E-state index in [0.717, 1.165) is 24.2 Å². The molecule has 5 heteroatoms. The molecule has 1 amide bonds. The Labute approximate surface area is 154 Å². The van der Waals surface area contributed by atoms with Gasteiger partial charge in [0, 0.05) is 13.1 Å². The maximum Gasteiger partial charge on any atom is 0.244 e. The number of benzene rings is 2. The van der Waals surface area contributed by atoms with Crippen LogP contribution in [0.4, 0.5) is 4.39 Å². The summed E-state index contributed by atoms with van der Waals surface area (Å²) < 4.78 is 18.6. The average Bonchev–Trinajstić information content (AvgIpc) is 2.85. The van der Waals surface area contributed by atoms with Crippen LogP contribution >= 0.6 is 0 Å². The number of halogens is 1. The Bertz CT molecular complexity index is 774. The third kappa shape index (κ3) is 3.88. The van der Waals surface area contributed by atoms with Crippen molar-refractivity contribution < 1.29 is 13.9 Å². The van der Waals surface area contributed by atoms with Crippen LogP contribution in [0.1, 0.15) is 22.7 Å². The minimum absolute atomic E-state index is 0.0568. The van der Waals surface area contributed by atoms with Gasteiger partial charge in [-0.05, 0) is 67.9 Å². The van der Waals surface area contributed by atoms with Crippen LogP contribution in [0.15, 0.2) is 42.5 Å². The number of carbonyl (C=O) groups excluding carboxylic acids is 1. The smallest absolute Gasteiger partial charge is 0.244 e. The maximum atomic E-state index is 13.3. The number of hydrogen-bond donors (Lipinski definition) is 0. The SMILES string of the molecule is COc1ccc2c(c1)CCN(C(=O)[C@H](c1ccc(F)cc1)N(C)C)CC2. The number of ether oxygens (including phenoxy) is 1. The van der Waals surface area contributed by atoms with Crippen molar-refractivity contribution in [2.24, 2.45) is 0 Å². The van der Waals surface area contributed by atoms with Crippen molar-refractivity contribution in [2.75, 3.05) is 34.3 Å². The van der Waals surface area contributed by atoms with Crippen LogP contribution in [-0.4, -0.2) is 50.0 Å². The van der Waals surface area contributed by atoms with Gasteiger partial charge in [-0.1, -0.05) is 18.2 Å². The van der Waals surface area contributed by atoms with Crippen molar-refractivity contribution in [3.63, 3.8) is 0 Å². The van der Waals surface area contributed by atoms with Gasteiger partial charge in [0.15, 0.2) is 0 Å². The van der Waals surface area contributed by atoms with Gasteiger partial charge in [-0.3, -0.25) is 9.69 Å². The fourth-order valence-corrected chi connectivity index (χ4v) is 3.53. The first kappa shape index (κ1) is 18.4. The van der Waals surface area contributed by atoms with Gasteiger partial charge in [0.05, 0.1) is 7.11 Å². The molecule has 1 heterocycles. The molecule has 0 spiro atoms. The molecule has 26 heavy (non-hydrogen) atoms. The van der Waals surface area contributed by atoms with Crippen molar-refractivity contribution in [1.82, 2.24) is 9.80 Å². The number of hydrogen-bond acceptors (Lipinski definition) is 3. The Morgan fingerprint density at radius 2 is 1.73 bits per heavy atom. The number of rotatable bonds is 4. The van der Waals surface area contributed by atoms with Gasteiger partial charge in [0.25, 0.3) is 0 Å². The zero-order chi connectivity index (χ0) is 18.7. The van der Waals surface area contributed by atoms with Crippen molar-refractivity contribution in [3.8, 4) is 5.75 Å². The second-order valence-corrected chi connectivity index (χ2v) is 6.88. The third-order valence-corrected chi connectivity index (χ3v) is 4.96. The molecule has 138 valence electrons. The van der Waals surface area contributed by atoms with Crippen LogP contribution in [0.25, 0.3) is 0 Å². The minimum atomic E-state index is -0.411. The molecule has 2 aromatic rings. The van der Waals surface area contributed by atoms with E-state index in [1.165, 1.54) is 23.3 Å². The van der Waals surface area contributed by atoms with E-state index in [2.05, 4.69) is 12.1 Å². The summed E-state index contributed by atoms with van der Waals surface area (Å²) in [7, 11) is 5.42. The average molecular weight is 356 g/mol. The number of methoxy groups -OCH3 is 1. The summed E-state index contributed by atoms with van der Waals surface area (Å²) in [5.41, 5.74) is 3.32. The Morgan fingerprint density at radius 1 is 1.08 bits per heavy atom. The highest BCUT2D eigenvalue weighted by Crippen LogP contribution is 2.25. The van der Waals surface area contributed by atoms with Crippen molar-refractivity contribution in [1.29, 1.82) is 0 Å². The molecule has 2 aromatic carbocycles. The molecule has 0 bridgehead atoms. The summed E-state index contributed by atoms with van der Waals surface area (Å²) in [6, 6.07) is 11.9.